The number of halogens is 2. The number of fused-ring (bicyclic) bond motifs is 1. The highest BCUT2D eigenvalue weighted by molar-refractivity contribution is 15.0. The number of rotatable bonds is 1. The molecule has 2 rings (SSSR count). The SMILES string of the molecule is CNC1(C#N)CC(C)(C)C2C1[C@H]2C.II. The summed E-state index contributed by atoms with van der Waals surface area (Å²) in [7, 11) is 1.92. The zero-order valence-corrected chi connectivity index (χ0v) is 14.0. The van der Waals surface area contributed by atoms with Gasteiger partial charge in [-0.25, -0.2) is 0 Å². The third-order valence-electron chi connectivity index (χ3n) is 4.23. The summed E-state index contributed by atoms with van der Waals surface area (Å²) in [5.41, 5.74) is 0.121. The second-order valence-electron chi connectivity index (χ2n) is 5.41. The monoisotopic (exact) mass is 432 g/mol. The summed E-state index contributed by atoms with van der Waals surface area (Å²) in [6.45, 7) is 6.87. The van der Waals surface area contributed by atoms with E-state index < -0.39 is 0 Å². The molecule has 2 aliphatic rings. The summed E-state index contributed by atoms with van der Waals surface area (Å²) in [6, 6.07) is 2.49. The minimum absolute atomic E-state index is 0.229. The van der Waals surface area contributed by atoms with E-state index >= 15 is 0 Å². The van der Waals surface area contributed by atoms with Crippen LogP contribution in [0.25, 0.3) is 0 Å². The second kappa shape index (κ2) is 4.65. The van der Waals surface area contributed by atoms with Crippen molar-refractivity contribution >= 4 is 37.2 Å². The van der Waals surface area contributed by atoms with Crippen LogP contribution in [0.15, 0.2) is 0 Å². The molecular weight excluding hydrogens is 414 g/mol. The Bertz CT molecular complexity index is 285. The lowest BCUT2D eigenvalue weighted by Crippen LogP contribution is -2.44. The van der Waals surface area contributed by atoms with Crippen LogP contribution in [0.1, 0.15) is 27.2 Å². The molecular formula is C11H18I2N2. The molecule has 15 heavy (non-hydrogen) atoms. The molecule has 4 heteroatoms. The molecule has 86 valence electrons. The van der Waals surface area contributed by atoms with Gasteiger partial charge in [-0.2, -0.15) is 5.26 Å². The van der Waals surface area contributed by atoms with Crippen molar-refractivity contribution in [3.8, 4) is 6.07 Å². The van der Waals surface area contributed by atoms with Crippen LogP contribution >= 0.6 is 37.2 Å². The van der Waals surface area contributed by atoms with Gasteiger partial charge in [-0.3, -0.25) is 0 Å². The molecule has 3 unspecified atom stereocenters. The van der Waals surface area contributed by atoms with E-state index in [4.69, 9.17) is 0 Å². The molecule has 0 saturated heterocycles. The number of nitrogens with zero attached hydrogens (tertiary/aromatic N) is 1. The topological polar surface area (TPSA) is 35.8 Å². The highest BCUT2D eigenvalue weighted by Crippen LogP contribution is 2.69. The van der Waals surface area contributed by atoms with Crippen molar-refractivity contribution in [3.63, 3.8) is 0 Å². The van der Waals surface area contributed by atoms with Gasteiger partial charge in [-0.1, -0.05) is 20.8 Å². The highest BCUT2D eigenvalue weighted by atomic mass is 128. The Morgan fingerprint density at radius 2 is 1.87 bits per heavy atom. The first-order valence-electron chi connectivity index (χ1n) is 5.23. The van der Waals surface area contributed by atoms with Gasteiger partial charge in [0, 0.05) is 37.2 Å². The quantitative estimate of drug-likeness (QED) is 0.644. The first-order valence-corrected chi connectivity index (χ1v) is 11.5. The minimum Gasteiger partial charge on any atom is -0.302 e. The van der Waals surface area contributed by atoms with Crippen molar-refractivity contribution in [2.24, 2.45) is 23.2 Å². The second-order valence-corrected chi connectivity index (χ2v) is 5.41. The van der Waals surface area contributed by atoms with E-state index in [1.807, 2.05) is 7.05 Å². The molecule has 2 nitrogen and oxygen atoms in total. The predicted molar refractivity (Wildman–Crippen MR) is 80.0 cm³/mol. The lowest BCUT2D eigenvalue weighted by atomic mass is 9.80. The summed E-state index contributed by atoms with van der Waals surface area (Å²) in [6.07, 6.45) is 1.01. The van der Waals surface area contributed by atoms with E-state index in [2.05, 4.69) is 69.4 Å². The Kier molecular flexibility index (Phi) is 4.33. The van der Waals surface area contributed by atoms with Gasteiger partial charge < -0.3 is 5.32 Å². The van der Waals surface area contributed by atoms with E-state index in [0.29, 0.717) is 11.3 Å². The van der Waals surface area contributed by atoms with Gasteiger partial charge in [0.25, 0.3) is 0 Å². The van der Waals surface area contributed by atoms with Gasteiger partial charge in [0.15, 0.2) is 0 Å². The molecule has 0 aliphatic heterocycles. The summed E-state index contributed by atoms with van der Waals surface area (Å²) >= 11 is 4.24. The molecule has 2 aliphatic carbocycles. The lowest BCUT2D eigenvalue weighted by Gasteiger charge is -2.29. The average Bonchev–Trinajstić information content (AvgIpc) is 2.83. The molecule has 0 radical (unpaired) electrons. The van der Waals surface area contributed by atoms with E-state index in [1.54, 1.807) is 0 Å². The third kappa shape index (κ3) is 2.04. The summed E-state index contributed by atoms with van der Waals surface area (Å²) < 4.78 is 0. The summed E-state index contributed by atoms with van der Waals surface area (Å²) in [5.74, 6) is 2.09. The molecule has 0 aromatic rings. The molecule has 0 aromatic carbocycles. The van der Waals surface area contributed by atoms with Crippen LogP contribution in [0, 0.1) is 34.5 Å². The van der Waals surface area contributed by atoms with Crippen LogP contribution in [0.5, 0.6) is 0 Å². The number of hydrogen-bond donors (Lipinski definition) is 1. The molecule has 4 atom stereocenters. The largest absolute Gasteiger partial charge is 0.302 e. The third-order valence-corrected chi connectivity index (χ3v) is 4.23. The van der Waals surface area contributed by atoms with Gasteiger partial charge >= 0.3 is 0 Å². The van der Waals surface area contributed by atoms with Crippen molar-refractivity contribution in [2.75, 3.05) is 7.05 Å². The fourth-order valence-electron chi connectivity index (χ4n) is 3.80. The maximum absolute atomic E-state index is 9.25. The Morgan fingerprint density at radius 3 is 2.07 bits per heavy atom. The maximum atomic E-state index is 9.25. The van der Waals surface area contributed by atoms with Crippen LogP contribution in [0.3, 0.4) is 0 Å². The molecule has 0 aromatic heterocycles. The van der Waals surface area contributed by atoms with Crippen LogP contribution in [0.2, 0.25) is 0 Å². The lowest BCUT2D eigenvalue weighted by molar-refractivity contribution is 0.255. The first-order chi connectivity index (χ1) is 6.98. The van der Waals surface area contributed by atoms with E-state index in [-0.39, 0.29) is 5.54 Å². The Balaban J connectivity index is 0.000000531. The normalized spacial score (nSPS) is 44.7. The van der Waals surface area contributed by atoms with Crippen LogP contribution < -0.4 is 5.32 Å². The fraction of sp³-hybridized carbons (Fsp3) is 0.909. The predicted octanol–water partition coefficient (Wildman–Crippen LogP) is 3.55. The van der Waals surface area contributed by atoms with E-state index in [0.717, 1.165) is 18.3 Å². The van der Waals surface area contributed by atoms with Crippen LogP contribution in [-0.4, -0.2) is 12.6 Å². The molecule has 0 heterocycles. The highest BCUT2D eigenvalue weighted by Gasteiger charge is 2.70. The zero-order valence-electron chi connectivity index (χ0n) is 9.64. The maximum Gasteiger partial charge on any atom is 0.110 e. The van der Waals surface area contributed by atoms with Gasteiger partial charge in [-0.05, 0) is 36.6 Å². The van der Waals surface area contributed by atoms with E-state index in [9.17, 15) is 5.26 Å². The van der Waals surface area contributed by atoms with Gasteiger partial charge in [0.2, 0.25) is 0 Å². The summed E-state index contributed by atoms with van der Waals surface area (Å²) in [4.78, 5) is 0. The van der Waals surface area contributed by atoms with Crippen molar-refractivity contribution in [3.05, 3.63) is 0 Å². The average molecular weight is 432 g/mol. The van der Waals surface area contributed by atoms with Crippen LogP contribution in [0.4, 0.5) is 0 Å². The minimum atomic E-state index is -0.229. The number of nitrogens with one attached hydrogen (secondary N) is 1. The molecule has 0 spiro atoms. The van der Waals surface area contributed by atoms with Crippen molar-refractivity contribution in [1.29, 1.82) is 5.26 Å². The molecule has 2 saturated carbocycles. The molecule has 2 fully saturated rings. The standard InChI is InChI=1S/C11H18N2.I2/c1-7-8-9(7)11(6-12,13-4)5-10(8,2)3;1-2/h7-9,13H,5H2,1-4H3;/t7-,8?,9?,11?;/m0./s1. The van der Waals surface area contributed by atoms with Gasteiger partial charge in [0.05, 0.1) is 6.07 Å². The fourth-order valence-corrected chi connectivity index (χ4v) is 3.80. The van der Waals surface area contributed by atoms with E-state index in [1.165, 1.54) is 0 Å². The Morgan fingerprint density at radius 1 is 1.33 bits per heavy atom. The van der Waals surface area contributed by atoms with Crippen molar-refractivity contribution < 1.29 is 0 Å². The zero-order chi connectivity index (χ0) is 11.9. The summed E-state index contributed by atoms with van der Waals surface area (Å²) in [5, 5.41) is 12.5. The Hall–Kier alpha value is 0.910. The number of hydrogen-bond acceptors (Lipinski definition) is 2. The first kappa shape index (κ1) is 14.0. The Labute approximate surface area is 116 Å². The number of nitriles is 1. The van der Waals surface area contributed by atoms with Gasteiger partial charge in [-0.15, -0.1) is 0 Å². The van der Waals surface area contributed by atoms with Crippen molar-refractivity contribution in [1.82, 2.24) is 5.32 Å². The molecule has 0 bridgehead atoms. The van der Waals surface area contributed by atoms with Crippen molar-refractivity contribution in [2.45, 2.75) is 32.7 Å². The smallest absolute Gasteiger partial charge is 0.110 e. The van der Waals surface area contributed by atoms with Gasteiger partial charge in [0.1, 0.15) is 5.54 Å². The molecule has 1 N–H and O–H groups in total. The van der Waals surface area contributed by atoms with Crippen LogP contribution in [-0.2, 0) is 0 Å². The molecule has 0 amide bonds.